The van der Waals surface area contributed by atoms with Crippen molar-refractivity contribution in [3.05, 3.63) is 57.1 Å². The van der Waals surface area contributed by atoms with Gasteiger partial charge in [0.25, 0.3) is 5.69 Å². The number of thioether (sulfide) groups is 1. The van der Waals surface area contributed by atoms with Gasteiger partial charge in [-0.1, -0.05) is 29.0 Å². The molecule has 3 aromatic rings. The zero-order chi connectivity index (χ0) is 19.1. The largest absolute Gasteiger partial charge is 0.497 e. The van der Waals surface area contributed by atoms with Gasteiger partial charge in [0.15, 0.2) is 5.13 Å². The van der Waals surface area contributed by atoms with Gasteiger partial charge >= 0.3 is 0 Å². The Morgan fingerprint density at radius 2 is 2.15 bits per heavy atom. The molecule has 27 heavy (non-hydrogen) atoms. The number of amides is 1. The van der Waals surface area contributed by atoms with Gasteiger partial charge in [-0.05, 0) is 29.8 Å². The molecule has 2 aromatic carbocycles. The van der Waals surface area contributed by atoms with Gasteiger partial charge in [0.05, 0.1) is 28.0 Å². The molecule has 0 aliphatic carbocycles. The summed E-state index contributed by atoms with van der Waals surface area (Å²) in [6.45, 7) is 0. The minimum atomic E-state index is -0.526. The smallest absolute Gasteiger partial charge is 0.288 e. The number of nitrogens with zero attached hydrogens (tertiary/aromatic N) is 3. The highest BCUT2D eigenvalue weighted by molar-refractivity contribution is 8.00. The standard InChI is InChI=1S/C17H12ClN3O4S2/c1-25-10-3-5-12-14(7-10)27-17(19-12)20-15(22)8-26-16(20)9-2-4-11(18)13(6-9)21(23)24/h2-7,16H,8H2,1H3/t16-/m0/s1. The van der Waals surface area contributed by atoms with E-state index in [4.69, 9.17) is 16.3 Å². The number of methoxy groups -OCH3 is 1. The van der Waals surface area contributed by atoms with Crippen molar-refractivity contribution in [3.8, 4) is 5.75 Å². The van der Waals surface area contributed by atoms with E-state index in [1.807, 2.05) is 18.2 Å². The van der Waals surface area contributed by atoms with Crippen LogP contribution in [-0.2, 0) is 4.79 Å². The molecule has 0 unspecified atom stereocenters. The van der Waals surface area contributed by atoms with E-state index < -0.39 is 10.3 Å². The molecule has 10 heteroatoms. The highest BCUT2D eigenvalue weighted by atomic mass is 35.5. The highest BCUT2D eigenvalue weighted by Gasteiger charge is 2.37. The Balaban J connectivity index is 1.76. The molecule has 138 valence electrons. The Labute approximate surface area is 167 Å². The first kappa shape index (κ1) is 18.0. The van der Waals surface area contributed by atoms with Crippen LogP contribution in [0.15, 0.2) is 36.4 Å². The van der Waals surface area contributed by atoms with E-state index in [2.05, 4.69) is 4.98 Å². The summed E-state index contributed by atoms with van der Waals surface area (Å²) in [6.07, 6.45) is 0. The van der Waals surface area contributed by atoms with Gasteiger partial charge in [-0.2, -0.15) is 0 Å². The zero-order valence-electron chi connectivity index (χ0n) is 13.9. The summed E-state index contributed by atoms with van der Waals surface area (Å²) in [4.78, 5) is 29.4. The number of thiazole rings is 1. The SMILES string of the molecule is COc1ccc2nc(N3C(=O)CS[C@H]3c3ccc(Cl)c([N+](=O)[O-])c3)sc2c1. The molecule has 4 rings (SSSR count). The lowest BCUT2D eigenvalue weighted by Gasteiger charge is -2.21. The highest BCUT2D eigenvalue weighted by Crippen LogP contribution is 2.45. The van der Waals surface area contributed by atoms with Crippen LogP contribution in [0.4, 0.5) is 10.8 Å². The number of carbonyl (C=O) groups is 1. The van der Waals surface area contributed by atoms with Gasteiger partial charge in [0.2, 0.25) is 5.91 Å². The van der Waals surface area contributed by atoms with Crippen LogP contribution in [-0.4, -0.2) is 28.7 Å². The number of aromatic nitrogens is 1. The van der Waals surface area contributed by atoms with Crippen LogP contribution in [0.1, 0.15) is 10.9 Å². The van der Waals surface area contributed by atoms with Crippen LogP contribution >= 0.6 is 34.7 Å². The Morgan fingerprint density at radius 1 is 1.33 bits per heavy atom. The Hall–Kier alpha value is -2.36. The first-order valence-corrected chi connectivity index (χ1v) is 10.0. The topological polar surface area (TPSA) is 85.6 Å². The van der Waals surface area contributed by atoms with Crippen LogP contribution in [0.5, 0.6) is 5.75 Å². The molecule has 2 heterocycles. The molecule has 1 aromatic heterocycles. The van der Waals surface area contributed by atoms with E-state index >= 15 is 0 Å². The molecule has 1 aliphatic rings. The molecular weight excluding hydrogens is 410 g/mol. The molecule has 0 radical (unpaired) electrons. The van der Waals surface area contributed by atoms with Crippen molar-refractivity contribution in [2.24, 2.45) is 0 Å². The van der Waals surface area contributed by atoms with E-state index in [0.29, 0.717) is 16.4 Å². The number of rotatable bonds is 4. The van der Waals surface area contributed by atoms with Crippen LogP contribution < -0.4 is 9.64 Å². The number of anilines is 1. The first-order chi connectivity index (χ1) is 13.0. The third-order valence-electron chi connectivity index (χ3n) is 4.11. The van der Waals surface area contributed by atoms with Crippen LogP contribution in [0.3, 0.4) is 0 Å². The second-order valence-electron chi connectivity index (χ2n) is 5.73. The number of nitro groups is 1. The lowest BCUT2D eigenvalue weighted by molar-refractivity contribution is -0.384. The molecule has 0 saturated carbocycles. The van der Waals surface area contributed by atoms with Crippen molar-refractivity contribution in [2.45, 2.75) is 5.37 Å². The number of fused-ring (bicyclic) bond motifs is 1. The van der Waals surface area contributed by atoms with Gasteiger partial charge in [0.1, 0.15) is 16.1 Å². The lowest BCUT2D eigenvalue weighted by Crippen LogP contribution is -2.27. The predicted octanol–water partition coefficient (Wildman–Crippen LogP) is 4.65. The van der Waals surface area contributed by atoms with Crippen molar-refractivity contribution >= 4 is 61.6 Å². The summed E-state index contributed by atoms with van der Waals surface area (Å²) < 4.78 is 6.13. The van der Waals surface area contributed by atoms with Crippen LogP contribution in [0, 0.1) is 10.1 Å². The average Bonchev–Trinajstić information content (AvgIpc) is 3.24. The third kappa shape index (κ3) is 3.22. The number of nitro benzene ring substituents is 1. The average molecular weight is 422 g/mol. The summed E-state index contributed by atoms with van der Waals surface area (Å²) in [5.74, 6) is 0.902. The summed E-state index contributed by atoms with van der Waals surface area (Å²) in [6, 6.07) is 10.1. The number of hydrogen-bond acceptors (Lipinski definition) is 7. The molecule has 0 spiro atoms. The molecule has 1 amide bonds. The van der Waals surface area contributed by atoms with Crippen molar-refractivity contribution in [1.29, 1.82) is 0 Å². The number of halogens is 1. The van der Waals surface area contributed by atoms with Gasteiger partial charge in [0, 0.05) is 6.07 Å². The molecule has 1 fully saturated rings. The van der Waals surface area contributed by atoms with E-state index in [0.717, 1.165) is 10.2 Å². The zero-order valence-corrected chi connectivity index (χ0v) is 16.3. The summed E-state index contributed by atoms with van der Waals surface area (Å²) in [5.41, 5.74) is 1.23. The number of benzene rings is 2. The fraction of sp³-hybridized carbons (Fsp3) is 0.176. The normalized spacial score (nSPS) is 16.9. The van der Waals surface area contributed by atoms with E-state index in [1.165, 1.54) is 35.2 Å². The maximum absolute atomic E-state index is 12.5. The summed E-state index contributed by atoms with van der Waals surface area (Å²) in [7, 11) is 1.59. The van der Waals surface area contributed by atoms with Crippen molar-refractivity contribution in [3.63, 3.8) is 0 Å². The Kier molecular flexibility index (Phi) is 4.67. The summed E-state index contributed by atoms with van der Waals surface area (Å²) >= 11 is 8.69. The minimum absolute atomic E-state index is 0.0664. The molecule has 1 aliphatic heterocycles. The second-order valence-corrected chi connectivity index (χ2v) is 8.21. The van der Waals surface area contributed by atoms with Crippen molar-refractivity contribution in [2.75, 3.05) is 17.8 Å². The third-order valence-corrected chi connectivity index (χ3v) is 6.66. The Bertz CT molecular complexity index is 1070. The quantitative estimate of drug-likeness (QED) is 0.450. The molecule has 0 bridgehead atoms. The minimum Gasteiger partial charge on any atom is -0.497 e. The second kappa shape index (κ2) is 6.99. The van der Waals surface area contributed by atoms with Gasteiger partial charge in [-0.15, -0.1) is 11.8 Å². The maximum Gasteiger partial charge on any atom is 0.288 e. The van der Waals surface area contributed by atoms with Crippen LogP contribution in [0.25, 0.3) is 10.2 Å². The number of carbonyl (C=O) groups excluding carboxylic acids is 1. The number of hydrogen-bond donors (Lipinski definition) is 0. The van der Waals surface area contributed by atoms with Crippen LogP contribution in [0.2, 0.25) is 5.02 Å². The van der Waals surface area contributed by atoms with Gasteiger partial charge < -0.3 is 4.74 Å². The van der Waals surface area contributed by atoms with Crippen molar-refractivity contribution in [1.82, 2.24) is 4.98 Å². The fourth-order valence-electron chi connectivity index (χ4n) is 2.82. The molecule has 0 N–H and O–H groups in total. The molecule has 1 atom stereocenters. The van der Waals surface area contributed by atoms with Gasteiger partial charge in [-0.3, -0.25) is 19.8 Å². The van der Waals surface area contributed by atoms with Crippen molar-refractivity contribution < 1.29 is 14.5 Å². The lowest BCUT2D eigenvalue weighted by atomic mass is 10.2. The van der Waals surface area contributed by atoms with E-state index in [1.54, 1.807) is 18.1 Å². The molecular formula is C17H12ClN3O4S2. The summed E-state index contributed by atoms with van der Waals surface area (Å²) in [5, 5.41) is 11.4. The Morgan fingerprint density at radius 3 is 2.89 bits per heavy atom. The fourth-order valence-corrected chi connectivity index (χ4v) is 5.26. The van der Waals surface area contributed by atoms with Gasteiger partial charge in [-0.25, -0.2) is 4.98 Å². The van der Waals surface area contributed by atoms with E-state index in [-0.39, 0.29) is 22.4 Å². The monoisotopic (exact) mass is 421 g/mol. The molecule has 7 nitrogen and oxygen atoms in total. The predicted molar refractivity (Wildman–Crippen MR) is 107 cm³/mol. The maximum atomic E-state index is 12.5. The first-order valence-electron chi connectivity index (χ1n) is 7.80. The number of ether oxygens (including phenoxy) is 1. The molecule has 1 saturated heterocycles. The van der Waals surface area contributed by atoms with E-state index in [9.17, 15) is 14.9 Å².